The predicted octanol–water partition coefficient (Wildman–Crippen LogP) is -1.40. The zero-order chi connectivity index (χ0) is 9.41. The number of hydrogen-bond acceptors (Lipinski definition) is 4. The van der Waals surface area contributed by atoms with Crippen LogP contribution in [0, 0.1) is 0 Å². The van der Waals surface area contributed by atoms with Crippen LogP contribution in [0.5, 0.6) is 0 Å². The van der Waals surface area contributed by atoms with Gasteiger partial charge in [0.05, 0.1) is 6.61 Å². The SMILES string of the molecule is N[C@@]1(P(=O)(O)O)CCOC[C@H]1O. The van der Waals surface area contributed by atoms with Crippen LogP contribution in [0.25, 0.3) is 0 Å². The Balaban J connectivity index is 2.87. The van der Waals surface area contributed by atoms with Gasteiger partial charge in [0.25, 0.3) is 0 Å². The molecule has 0 aromatic heterocycles. The standard InChI is InChI=1S/C5H12NO5P/c6-5(12(8,9)10)1-2-11-3-4(5)7/h4,7H,1-3,6H2,(H2,8,9,10)/t4-,5-/m1/s1. The number of hydrogen-bond donors (Lipinski definition) is 4. The van der Waals surface area contributed by atoms with Crippen LogP contribution in [-0.2, 0) is 9.30 Å². The zero-order valence-electron chi connectivity index (χ0n) is 6.38. The summed E-state index contributed by atoms with van der Waals surface area (Å²) in [7, 11) is -4.46. The molecule has 12 heavy (non-hydrogen) atoms. The molecule has 0 aromatic carbocycles. The Bertz CT molecular complexity index is 216. The van der Waals surface area contributed by atoms with E-state index in [0.29, 0.717) is 0 Å². The third kappa shape index (κ3) is 1.54. The molecule has 0 aromatic rings. The molecular formula is C5H12NO5P. The molecule has 1 heterocycles. The van der Waals surface area contributed by atoms with Gasteiger partial charge in [-0.25, -0.2) is 0 Å². The van der Waals surface area contributed by atoms with Crippen molar-refractivity contribution in [3.05, 3.63) is 0 Å². The molecule has 0 aliphatic carbocycles. The van der Waals surface area contributed by atoms with E-state index in [9.17, 15) is 9.67 Å². The second-order valence-corrected chi connectivity index (χ2v) is 4.80. The molecule has 0 radical (unpaired) electrons. The summed E-state index contributed by atoms with van der Waals surface area (Å²) in [5.74, 6) is 0. The predicted molar refractivity (Wildman–Crippen MR) is 40.4 cm³/mol. The summed E-state index contributed by atoms with van der Waals surface area (Å²) in [4.78, 5) is 17.7. The van der Waals surface area contributed by atoms with Crippen LogP contribution in [0.3, 0.4) is 0 Å². The van der Waals surface area contributed by atoms with Crippen LogP contribution in [0.4, 0.5) is 0 Å². The van der Waals surface area contributed by atoms with Crippen LogP contribution in [-0.4, -0.2) is 39.5 Å². The summed E-state index contributed by atoms with van der Waals surface area (Å²) < 4.78 is 15.7. The molecular weight excluding hydrogens is 185 g/mol. The van der Waals surface area contributed by atoms with Gasteiger partial charge in [0.15, 0.2) is 0 Å². The maximum absolute atomic E-state index is 10.9. The minimum Gasteiger partial charge on any atom is -0.388 e. The summed E-state index contributed by atoms with van der Waals surface area (Å²) in [6.45, 7) is 0.0419. The van der Waals surface area contributed by atoms with Crippen molar-refractivity contribution in [2.75, 3.05) is 13.2 Å². The highest BCUT2D eigenvalue weighted by Crippen LogP contribution is 2.51. The monoisotopic (exact) mass is 197 g/mol. The molecule has 6 nitrogen and oxygen atoms in total. The van der Waals surface area contributed by atoms with Gasteiger partial charge in [0, 0.05) is 13.0 Å². The Morgan fingerprint density at radius 3 is 2.50 bits per heavy atom. The molecule has 0 unspecified atom stereocenters. The number of aliphatic hydroxyl groups is 1. The Morgan fingerprint density at radius 1 is 1.58 bits per heavy atom. The van der Waals surface area contributed by atoms with Crippen molar-refractivity contribution in [2.24, 2.45) is 5.73 Å². The lowest BCUT2D eigenvalue weighted by atomic mass is 10.1. The van der Waals surface area contributed by atoms with Crippen molar-refractivity contribution >= 4 is 7.60 Å². The topological polar surface area (TPSA) is 113 Å². The normalized spacial score (nSPS) is 38.2. The van der Waals surface area contributed by atoms with E-state index in [4.69, 9.17) is 20.3 Å². The Labute approximate surface area is 69.5 Å². The van der Waals surface area contributed by atoms with Crippen LogP contribution >= 0.6 is 7.60 Å². The van der Waals surface area contributed by atoms with Crippen molar-refractivity contribution in [1.82, 2.24) is 0 Å². The molecule has 72 valence electrons. The van der Waals surface area contributed by atoms with Crippen molar-refractivity contribution in [1.29, 1.82) is 0 Å². The highest BCUT2D eigenvalue weighted by atomic mass is 31.2. The lowest BCUT2D eigenvalue weighted by Gasteiger charge is -2.37. The van der Waals surface area contributed by atoms with Crippen LogP contribution in [0.2, 0.25) is 0 Å². The van der Waals surface area contributed by atoms with Crippen molar-refractivity contribution in [2.45, 2.75) is 17.8 Å². The van der Waals surface area contributed by atoms with Gasteiger partial charge < -0.3 is 25.4 Å². The van der Waals surface area contributed by atoms with Gasteiger partial charge in [-0.05, 0) is 0 Å². The Hall–Kier alpha value is 0.0300. The molecule has 1 aliphatic rings. The molecule has 1 fully saturated rings. The third-order valence-corrected chi connectivity index (χ3v) is 3.65. The molecule has 1 aliphatic heterocycles. The second kappa shape index (κ2) is 3.06. The van der Waals surface area contributed by atoms with E-state index in [1.165, 1.54) is 0 Å². The van der Waals surface area contributed by atoms with Crippen molar-refractivity contribution < 1.29 is 24.2 Å². The van der Waals surface area contributed by atoms with E-state index in [1.807, 2.05) is 0 Å². The first-order valence-electron chi connectivity index (χ1n) is 3.48. The fourth-order valence-electron chi connectivity index (χ4n) is 1.08. The molecule has 7 heteroatoms. The first kappa shape index (κ1) is 10.1. The molecule has 0 saturated carbocycles. The summed E-state index contributed by atoms with van der Waals surface area (Å²) in [5, 5.41) is 7.39. The van der Waals surface area contributed by atoms with Crippen LogP contribution < -0.4 is 5.73 Å². The molecule has 5 N–H and O–H groups in total. The van der Waals surface area contributed by atoms with E-state index in [0.717, 1.165) is 0 Å². The molecule has 1 rings (SSSR count). The number of aliphatic hydroxyl groups excluding tert-OH is 1. The average Bonchev–Trinajstić information content (AvgIpc) is 1.93. The first-order chi connectivity index (χ1) is 5.38. The van der Waals surface area contributed by atoms with E-state index in [2.05, 4.69) is 0 Å². The van der Waals surface area contributed by atoms with Gasteiger partial charge in [-0.15, -0.1) is 0 Å². The number of nitrogens with two attached hydrogens (primary N) is 1. The average molecular weight is 197 g/mol. The van der Waals surface area contributed by atoms with E-state index in [-0.39, 0.29) is 19.6 Å². The fraction of sp³-hybridized carbons (Fsp3) is 1.00. The quantitative estimate of drug-likeness (QED) is 0.384. The minimum atomic E-state index is -4.46. The van der Waals surface area contributed by atoms with E-state index in [1.54, 1.807) is 0 Å². The van der Waals surface area contributed by atoms with E-state index >= 15 is 0 Å². The van der Waals surface area contributed by atoms with Gasteiger partial charge >= 0.3 is 7.60 Å². The minimum absolute atomic E-state index is 0.0293. The first-order valence-corrected chi connectivity index (χ1v) is 5.09. The highest BCUT2D eigenvalue weighted by Gasteiger charge is 2.50. The second-order valence-electron chi connectivity index (χ2n) is 2.88. The van der Waals surface area contributed by atoms with Crippen LogP contribution in [0.15, 0.2) is 0 Å². The van der Waals surface area contributed by atoms with E-state index < -0.39 is 19.0 Å². The molecule has 1 saturated heterocycles. The Kier molecular flexibility index (Phi) is 2.58. The largest absolute Gasteiger partial charge is 0.388 e. The number of ether oxygens (including phenoxy) is 1. The van der Waals surface area contributed by atoms with Gasteiger partial charge in [-0.2, -0.15) is 0 Å². The highest BCUT2D eigenvalue weighted by molar-refractivity contribution is 7.53. The fourth-order valence-corrected chi connectivity index (χ4v) is 1.93. The summed E-state index contributed by atoms with van der Waals surface area (Å²) in [6, 6.07) is 0. The summed E-state index contributed by atoms with van der Waals surface area (Å²) in [5.41, 5.74) is 5.39. The molecule has 0 amide bonds. The van der Waals surface area contributed by atoms with Gasteiger partial charge in [0.2, 0.25) is 0 Å². The molecule has 0 bridgehead atoms. The number of rotatable bonds is 1. The van der Waals surface area contributed by atoms with Crippen molar-refractivity contribution in [3.8, 4) is 0 Å². The third-order valence-electron chi connectivity index (χ3n) is 2.04. The van der Waals surface area contributed by atoms with Gasteiger partial charge in [-0.3, -0.25) is 4.57 Å². The molecule has 0 spiro atoms. The molecule has 2 atom stereocenters. The smallest absolute Gasteiger partial charge is 0.348 e. The van der Waals surface area contributed by atoms with Crippen molar-refractivity contribution in [3.63, 3.8) is 0 Å². The maximum atomic E-state index is 10.9. The van der Waals surface area contributed by atoms with Gasteiger partial charge in [0.1, 0.15) is 11.4 Å². The summed E-state index contributed by atoms with van der Waals surface area (Å²) in [6.07, 6.45) is -1.33. The van der Waals surface area contributed by atoms with Gasteiger partial charge in [-0.1, -0.05) is 0 Å². The summed E-state index contributed by atoms with van der Waals surface area (Å²) >= 11 is 0. The van der Waals surface area contributed by atoms with Crippen LogP contribution in [0.1, 0.15) is 6.42 Å². The maximum Gasteiger partial charge on any atom is 0.348 e. The Morgan fingerprint density at radius 2 is 2.17 bits per heavy atom. The lowest BCUT2D eigenvalue weighted by molar-refractivity contribution is -0.0376. The zero-order valence-corrected chi connectivity index (χ0v) is 7.28. The lowest BCUT2D eigenvalue weighted by Crippen LogP contribution is -2.55.